The molecule has 0 aliphatic rings. The van der Waals surface area contributed by atoms with Crippen LogP contribution in [0.5, 0.6) is 5.75 Å². The number of aromatic nitrogens is 2. The van der Waals surface area contributed by atoms with Crippen molar-refractivity contribution in [2.75, 3.05) is 6.61 Å². The van der Waals surface area contributed by atoms with Crippen LogP contribution in [0.15, 0.2) is 30.5 Å². The molecule has 6 heteroatoms. The number of aromatic amines is 1. The number of amides is 1. The van der Waals surface area contributed by atoms with E-state index in [0.717, 1.165) is 11.3 Å². The number of ether oxygens (including phenoxy) is 1. The Morgan fingerprint density at radius 1 is 1.47 bits per heavy atom. The minimum atomic E-state index is -0.485. The molecule has 100 valence electrons. The second kappa shape index (κ2) is 5.99. The molecule has 1 heterocycles. The number of H-pyrrole nitrogens is 1. The van der Waals surface area contributed by atoms with Crippen LogP contribution in [0.3, 0.4) is 0 Å². The molecule has 0 unspecified atom stereocenters. The normalized spacial score (nSPS) is 10.2. The average Bonchev–Trinajstić information content (AvgIpc) is 2.81. The fourth-order valence-corrected chi connectivity index (χ4v) is 1.50. The zero-order chi connectivity index (χ0) is 13.7. The molecule has 0 saturated carbocycles. The van der Waals surface area contributed by atoms with Gasteiger partial charge in [0.1, 0.15) is 0 Å². The van der Waals surface area contributed by atoms with Crippen LogP contribution in [0.2, 0.25) is 0 Å². The summed E-state index contributed by atoms with van der Waals surface area (Å²) < 4.78 is 18.3. The average molecular weight is 263 g/mol. The van der Waals surface area contributed by atoms with Gasteiger partial charge in [0.15, 0.2) is 18.2 Å². The van der Waals surface area contributed by atoms with Gasteiger partial charge in [0.25, 0.3) is 5.91 Å². The van der Waals surface area contributed by atoms with Gasteiger partial charge in [-0.15, -0.1) is 0 Å². The second-order valence-corrected chi connectivity index (χ2v) is 4.02. The number of hydrogen-bond acceptors (Lipinski definition) is 3. The summed E-state index contributed by atoms with van der Waals surface area (Å²) in [5, 5.41) is 9.29. The highest BCUT2D eigenvalue weighted by Gasteiger charge is 2.07. The maximum absolute atomic E-state index is 13.2. The Morgan fingerprint density at radius 2 is 2.26 bits per heavy atom. The largest absolute Gasteiger partial charge is 0.481 e. The molecule has 19 heavy (non-hydrogen) atoms. The van der Waals surface area contributed by atoms with E-state index in [1.165, 1.54) is 12.1 Å². The molecule has 1 aromatic carbocycles. The summed E-state index contributed by atoms with van der Waals surface area (Å²) in [4.78, 5) is 11.5. The van der Waals surface area contributed by atoms with Crippen molar-refractivity contribution in [3.63, 3.8) is 0 Å². The van der Waals surface area contributed by atoms with Gasteiger partial charge in [-0.3, -0.25) is 9.89 Å². The Kier molecular flexibility index (Phi) is 4.12. The minimum absolute atomic E-state index is 0.0668. The number of para-hydroxylation sites is 1. The van der Waals surface area contributed by atoms with Crippen molar-refractivity contribution in [2.45, 2.75) is 13.5 Å². The molecule has 1 aromatic heterocycles. The van der Waals surface area contributed by atoms with Crippen molar-refractivity contribution in [3.05, 3.63) is 47.5 Å². The molecule has 0 radical (unpaired) electrons. The maximum Gasteiger partial charge on any atom is 0.258 e. The zero-order valence-corrected chi connectivity index (χ0v) is 10.4. The summed E-state index contributed by atoms with van der Waals surface area (Å²) in [7, 11) is 0. The molecule has 0 aliphatic heterocycles. The lowest BCUT2D eigenvalue weighted by Crippen LogP contribution is -2.28. The summed E-state index contributed by atoms with van der Waals surface area (Å²) in [6.07, 6.45) is 1.65. The number of nitrogens with one attached hydrogen (secondary N) is 2. The smallest absolute Gasteiger partial charge is 0.258 e. The molecule has 0 fully saturated rings. The SMILES string of the molecule is Cc1[nH]ncc1CNC(=O)COc1ccccc1F. The molecular formula is C13H14FN3O2. The van der Waals surface area contributed by atoms with E-state index in [1.54, 1.807) is 18.3 Å². The van der Waals surface area contributed by atoms with Crippen LogP contribution in [-0.2, 0) is 11.3 Å². The molecule has 0 bridgehead atoms. The minimum Gasteiger partial charge on any atom is -0.481 e. The first-order valence-electron chi connectivity index (χ1n) is 5.79. The molecule has 2 rings (SSSR count). The molecule has 2 N–H and O–H groups in total. The number of benzene rings is 1. The Morgan fingerprint density at radius 3 is 2.95 bits per heavy atom. The number of halogens is 1. The van der Waals surface area contributed by atoms with Gasteiger partial charge in [-0.05, 0) is 19.1 Å². The number of hydrogen-bond donors (Lipinski definition) is 2. The monoisotopic (exact) mass is 263 g/mol. The van der Waals surface area contributed by atoms with E-state index in [2.05, 4.69) is 15.5 Å². The van der Waals surface area contributed by atoms with E-state index < -0.39 is 5.82 Å². The Balaban J connectivity index is 1.79. The van der Waals surface area contributed by atoms with Crippen molar-refractivity contribution in [1.82, 2.24) is 15.5 Å². The maximum atomic E-state index is 13.2. The lowest BCUT2D eigenvalue weighted by atomic mass is 10.2. The van der Waals surface area contributed by atoms with E-state index in [1.807, 2.05) is 6.92 Å². The fraction of sp³-hybridized carbons (Fsp3) is 0.231. The first kappa shape index (κ1) is 13.1. The van der Waals surface area contributed by atoms with Gasteiger partial charge in [-0.25, -0.2) is 4.39 Å². The van der Waals surface area contributed by atoms with Gasteiger partial charge >= 0.3 is 0 Å². The van der Waals surface area contributed by atoms with Crippen LogP contribution in [-0.4, -0.2) is 22.7 Å². The lowest BCUT2D eigenvalue weighted by Gasteiger charge is -2.07. The Labute approximate surface area is 109 Å². The van der Waals surface area contributed by atoms with Gasteiger partial charge in [0.2, 0.25) is 0 Å². The molecule has 0 aliphatic carbocycles. The van der Waals surface area contributed by atoms with Crippen molar-refractivity contribution in [3.8, 4) is 5.75 Å². The summed E-state index contributed by atoms with van der Waals surface area (Å²) in [5.41, 5.74) is 1.80. The van der Waals surface area contributed by atoms with Gasteiger partial charge < -0.3 is 10.1 Å². The van der Waals surface area contributed by atoms with Crippen LogP contribution in [0.4, 0.5) is 4.39 Å². The Bertz CT molecular complexity index is 569. The summed E-state index contributed by atoms with van der Waals surface area (Å²) in [6, 6.07) is 5.96. The topological polar surface area (TPSA) is 67.0 Å². The van der Waals surface area contributed by atoms with Crippen molar-refractivity contribution in [1.29, 1.82) is 0 Å². The van der Waals surface area contributed by atoms with E-state index in [4.69, 9.17) is 4.74 Å². The molecule has 2 aromatic rings. The third kappa shape index (κ3) is 3.54. The lowest BCUT2D eigenvalue weighted by molar-refractivity contribution is -0.123. The highest BCUT2D eigenvalue weighted by molar-refractivity contribution is 5.77. The van der Waals surface area contributed by atoms with E-state index >= 15 is 0 Å². The summed E-state index contributed by atoms with van der Waals surface area (Å²) in [6.45, 7) is 2.00. The van der Waals surface area contributed by atoms with Crippen LogP contribution >= 0.6 is 0 Å². The van der Waals surface area contributed by atoms with Gasteiger partial charge in [-0.2, -0.15) is 5.10 Å². The molecular weight excluding hydrogens is 249 g/mol. The van der Waals surface area contributed by atoms with Gasteiger partial charge in [-0.1, -0.05) is 12.1 Å². The third-order valence-corrected chi connectivity index (χ3v) is 2.61. The van der Waals surface area contributed by atoms with Crippen molar-refractivity contribution < 1.29 is 13.9 Å². The van der Waals surface area contributed by atoms with E-state index in [-0.39, 0.29) is 18.3 Å². The predicted molar refractivity (Wildman–Crippen MR) is 67.1 cm³/mol. The first-order chi connectivity index (χ1) is 9.16. The quantitative estimate of drug-likeness (QED) is 0.860. The van der Waals surface area contributed by atoms with Crippen LogP contribution < -0.4 is 10.1 Å². The first-order valence-corrected chi connectivity index (χ1v) is 5.79. The van der Waals surface area contributed by atoms with Crippen molar-refractivity contribution in [2.24, 2.45) is 0 Å². The molecule has 1 amide bonds. The van der Waals surface area contributed by atoms with Crippen LogP contribution in [0.25, 0.3) is 0 Å². The number of carbonyl (C=O) groups is 1. The highest BCUT2D eigenvalue weighted by Crippen LogP contribution is 2.14. The zero-order valence-electron chi connectivity index (χ0n) is 10.4. The molecule has 0 spiro atoms. The number of carbonyl (C=O) groups excluding carboxylic acids is 1. The van der Waals surface area contributed by atoms with E-state index in [9.17, 15) is 9.18 Å². The number of nitrogens with zero attached hydrogens (tertiary/aromatic N) is 1. The fourth-order valence-electron chi connectivity index (χ4n) is 1.50. The summed E-state index contributed by atoms with van der Waals surface area (Å²) >= 11 is 0. The van der Waals surface area contributed by atoms with E-state index in [0.29, 0.717) is 6.54 Å². The standard InChI is InChI=1S/C13H14FN3O2/c1-9-10(7-16-17-9)6-15-13(18)8-19-12-5-3-2-4-11(12)14/h2-5,7H,6,8H2,1H3,(H,15,18)(H,16,17). The highest BCUT2D eigenvalue weighted by atomic mass is 19.1. The predicted octanol–water partition coefficient (Wildman–Crippen LogP) is 1.55. The molecule has 0 atom stereocenters. The third-order valence-electron chi connectivity index (χ3n) is 2.61. The molecule has 5 nitrogen and oxygen atoms in total. The van der Waals surface area contributed by atoms with Crippen molar-refractivity contribution >= 4 is 5.91 Å². The van der Waals surface area contributed by atoms with Gasteiger partial charge in [0, 0.05) is 17.8 Å². The second-order valence-electron chi connectivity index (χ2n) is 4.02. The number of aryl methyl sites for hydroxylation is 1. The summed E-state index contributed by atoms with van der Waals surface area (Å²) in [5.74, 6) is -0.734. The van der Waals surface area contributed by atoms with Gasteiger partial charge in [0.05, 0.1) is 6.20 Å². The van der Waals surface area contributed by atoms with Crippen LogP contribution in [0, 0.1) is 12.7 Å². The number of rotatable bonds is 5. The Hall–Kier alpha value is -2.37. The van der Waals surface area contributed by atoms with Crippen LogP contribution in [0.1, 0.15) is 11.3 Å². The molecule has 0 saturated heterocycles.